The number of phosphoric ester groups is 1. The van der Waals surface area contributed by atoms with E-state index in [0.29, 0.717) is 30.2 Å². The molecule has 6 aliphatic carbocycles. The van der Waals surface area contributed by atoms with Crippen LogP contribution in [0.5, 0.6) is 0 Å². The molecule has 8 rings (SSSR count). The fourth-order valence-corrected chi connectivity index (χ4v) is 12.1. The number of aliphatic hydroxyl groups is 1. The third kappa shape index (κ3) is 4.89. The molecule has 254 valence electrons. The van der Waals surface area contributed by atoms with Crippen molar-refractivity contribution >= 4 is 19.4 Å². The van der Waals surface area contributed by atoms with Gasteiger partial charge in [0.1, 0.15) is 6.61 Å². The lowest BCUT2D eigenvalue weighted by molar-refractivity contribution is -0.200. The zero-order valence-electron chi connectivity index (χ0n) is 27.0. The Balaban J connectivity index is 1.06. The number of hydrogen-bond acceptors (Lipinski definition) is 8. The van der Waals surface area contributed by atoms with Crippen LogP contribution in [-0.4, -0.2) is 56.9 Å². The number of hydrogen-bond donors (Lipinski definition) is 4. The van der Waals surface area contributed by atoms with Crippen LogP contribution in [0, 0.1) is 39.9 Å². The molecule has 9 atom stereocenters. The number of carbonyl (C=O) groups excluding carboxylic acids is 2. The third-order valence-corrected chi connectivity index (χ3v) is 14.1. The molecule has 0 amide bonds. The van der Waals surface area contributed by atoms with Gasteiger partial charge in [0.05, 0.1) is 12.2 Å². The van der Waals surface area contributed by atoms with Crippen LogP contribution in [-0.2, 0) is 34.6 Å². The normalized spacial score (nSPS) is 46.5. The van der Waals surface area contributed by atoms with Crippen molar-refractivity contribution in [1.29, 1.82) is 0 Å². The van der Waals surface area contributed by atoms with Crippen LogP contribution in [0.3, 0.4) is 0 Å². The Bertz CT molecular complexity index is 1590. The van der Waals surface area contributed by atoms with Crippen LogP contribution in [0.1, 0.15) is 82.6 Å². The van der Waals surface area contributed by atoms with Gasteiger partial charge in [0.25, 0.3) is 0 Å². The van der Waals surface area contributed by atoms with Crippen LogP contribution in [0.15, 0.2) is 48.1 Å². The number of allylic oxidation sites excluding steroid dienone is 4. The molecule has 0 unspecified atom stereocenters. The van der Waals surface area contributed by atoms with Crippen LogP contribution in [0.25, 0.3) is 0 Å². The van der Waals surface area contributed by atoms with Crippen molar-refractivity contribution < 1.29 is 43.0 Å². The minimum absolute atomic E-state index is 0.0213. The summed E-state index contributed by atoms with van der Waals surface area (Å²) < 4.78 is 29.8. The zero-order valence-corrected chi connectivity index (χ0v) is 27.9. The summed E-state index contributed by atoms with van der Waals surface area (Å²) >= 11 is 0. The topological polar surface area (TPSA) is 166 Å². The Morgan fingerprint density at radius 1 is 1.11 bits per heavy atom. The Kier molecular flexibility index (Phi) is 7.36. The van der Waals surface area contributed by atoms with E-state index in [4.69, 9.17) is 19.7 Å². The smallest absolute Gasteiger partial charge is 0.393 e. The Hall–Kier alpha value is -2.01. The van der Waals surface area contributed by atoms with Crippen LogP contribution < -0.4 is 5.73 Å². The molecular formula is C36H46NO9P. The van der Waals surface area contributed by atoms with E-state index in [1.54, 1.807) is 12.2 Å². The van der Waals surface area contributed by atoms with Gasteiger partial charge < -0.3 is 30.1 Å². The van der Waals surface area contributed by atoms with E-state index in [-0.39, 0.29) is 30.0 Å². The molecule has 5 saturated carbocycles. The van der Waals surface area contributed by atoms with Gasteiger partial charge >= 0.3 is 7.82 Å². The summed E-state index contributed by atoms with van der Waals surface area (Å²) in [7, 11) is -4.94. The minimum Gasteiger partial charge on any atom is -0.393 e. The minimum atomic E-state index is -4.94. The number of carbonyl (C=O) groups is 2. The molecule has 1 aromatic rings. The summed E-state index contributed by atoms with van der Waals surface area (Å²) in [5, 5.41) is 11.9. The molecular weight excluding hydrogens is 621 g/mol. The van der Waals surface area contributed by atoms with Gasteiger partial charge in [0, 0.05) is 28.4 Å². The zero-order chi connectivity index (χ0) is 33.1. The Labute approximate surface area is 275 Å². The summed E-state index contributed by atoms with van der Waals surface area (Å²) in [4.78, 5) is 45.4. The lowest BCUT2D eigenvalue weighted by atomic mass is 9.46. The molecule has 11 heteroatoms. The molecule has 1 saturated heterocycles. The fourth-order valence-electron chi connectivity index (χ4n) is 11.8. The number of rotatable bonds is 7. The number of ketones is 2. The van der Waals surface area contributed by atoms with E-state index < -0.39 is 55.1 Å². The molecule has 7 aliphatic rings. The molecule has 1 heterocycles. The second-order valence-electron chi connectivity index (χ2n) is 16.3. The summed E-state index contributed by atoms with van der Waals surface area (Å²) in [5.74, 6) is -0.153. The van der Waals surface area contributed by atoms with Crippen molar-refractivity contribution in [3.05, 3.63) is 59.2 Å². The summed E-state index contributed by atoms with van der Waals surface area (Å²) in [6.45, 7) is 3.23. The molecule has 6 fully saturated rings. The van der Waals surface area contributed by atoms with Gasteiger partial charge in [-0.1, -0.05) is 49.8 Å². The maximum Gasteiger partial charge on any atom is 0.470 e. The quantitative estimate of drug-likeness (QED) is 0.305. The van der Waals surface area contributed by atoms with Gasteiger partial charge in [-0.3, -0.25) is 14.1 Å². The SMILES string of the molecule is C[C@]12C=CC(=O)C=C1CC[C@@H]1[C@@H]2[C@@H](O)C[C@@]2(C)[C@H]1C[C@H]1O[C@@H](c3ccc(CC4CC5(CC(N)C5)C4)cc3)O[C@]12C(=O)COP(=O)(O)O. The molecule has 5 N–H and O–H groups in total. The molecule has 47 heavy (non-hydrogen) atoms. The van der Waals surface area contributed by atoms with Gasteiger partial charge in [-0.15, -0.1) is 0 Å². The lowest BCUT2D eigenvalue weighted by Gasteiger charge is -2.59. The van der Waals surface area contributed by atoms with E-state index in [0.717, 1.165) is 36.8 Å². The van der Waals surface area contributed by atoms with Crippen molar-refractivity contribution in [2.45, 2.75) is 102 Å². The maximum absolute atomic E-state index is 14.2. The number of phosphoric acid groups is 1. The van der Waals surface area contributed by atoms with Crippen molar-refractivity contribution in [2.24, 2.45) is 45.7 Å². The molecule has 1 aliphatic heterocycles. The highest BCUT2D eigenvalue weighted by Crippen LogP contribution is 2.70. The highest BCUT2D eigenvalue weighted by molar-refractivity contribution is 7.46. The molecule has 1 spiro atoms. The van der Waals surface area contributed by atoms with Crippen LogP contribution in [0.2, 0.25) is 0 Å². The average molecular weight is 668 g/mol. The van der Waals surface area contributed by atoms with E-state index in [9.17, 15) is 29.0 Å². The fraction of sp³-hybridized carbons (Fsp3) is 0.667. The van der Waals surface area contributed by atoms with Crippen molar-refractivity contribution in [3.63, 3.8) is 0 Å². The largest absolute Gasteiger partial charge is 0.470 e. The van der Waals surface area contributed by atoms with Gasteiger partial charge in [-0.25, -0.2) is 4.57 Å². The van der Waals surface area contributed by atoms with Gasteiger partial charge in [0.15, 0.2) is 23.5 Å². The summed E-state index contributed by atoms with van der Waals surface area (Å²) in [5.41, 5.74) is 6.63. The lowest BCUT2D eigenvalue weighted by Crippen LogP contribution is -2.63. The average Bonchev–Trinajstić information content (AvgIpc) is 3.47. The van der Waals surface area contributed by atoms with E-state index in [1.165, 1.54) is 18.4 Å². The second kappa shape index (κ2) is 10.7. The molecule has 1 aromatic carbocycles. The standard InChI is InChI=1S/C36H46NO9P/c1-33-10-9-25(38)12-23(33)7-8-26-27-13-30-36(29(40)19-44-47(41,42)43,34(27,2)18-28(39)31(26)33)46-32(45-30)22-5-3-20(4-6-22)11-21-14-35(15-21)16-24(37)17-35/h3-6,9-10,12,21,24,26-28,30-32,39H,7-8,11,13-19,37H2,1-2H3,(H2,41,42,43)/t21?,24?,26-,27-,28-,30+,31+,32+,33-,34-,35?,36+/m0/s1. The monoisotopic (exact) mass is 667 g/mol. The van der Waals surface area contributed by atoms with Crippen molar-refractivity contribution in [3.8, 4) is 0 Å². The van der Waals surface area contributed by atoms with E-state index >= 15 is 0 Å². The molecule has 0 radical (unpaired) electrons. The van der Waals surface area contributed by atoms with Crippen LogP contribution >= 0.6 is 7.82 Å². The first-order valence-electron chi connectivity index (χ1n) is 17.2. The number of fused-ring (bicyclic) bond motifs is 7. The van der Waals surface area contributed by atoms with Gasteiger partial charge in [-0.05, 0) is 98.7 Å². The number of ether oxygens (including phenoxy) is 2. The van der Waals surface area contributed by atoms with E-state index in [2.05, 4.69) is 19.1 Å². The Morgan fingerprint density at radius 3 is 2.51 bits per heavy atom. The second-order valence-corrected chi connectivity index (χ2v) is 17.6. The third-order valence-electron chi connectivity index (χ3n) is 13.6. The van der Waals surface area contributed by atoms with Crippen LogP contribution in [0.4, 0.5) is 0 Å². The molecule has 10 nitrogen and oxygen atoms in total. The highest BCUT2D eigenvalue weighted by Gasteiger charge is 2.76. The number of benzene rings is 1. The number of aliphatic hydroxyl groups excluding tert-OH is 1. The first kappa shape index (κ1) is 32.2. The predicted molar refractivity (Wildman–Crippen MR) is 170 cm³/mol. The van der Waals surface area contributed by atoms with E-state index in [1.807, 2.05) is 25.1 Å². The van der Waals surface area contributed by atoms with Gasteiger partial charge in [-0.2, -0.15) is 0 Å². The number of nitrogens with two attached hydrogens (primary N) is 1. The molecule has 0 bridgehead atoms. The Morgan fingerprint density at radius 2 is 1.83 bits per heavy atom. The molecule has 0 aromatic heterocycles. The first-order valence-corrected chi connectivity index (χ1v) is 18.7. The van der Waals surface area contributed by atoms with Crippen molar-refractivity contribution in [2.75, 3.05) is 6.61 Å². The van der Waals surface area contributed by atoms with Gasteiger partial charge in [0.2, 0.25) is 0 Å². The predicted octanol–water partition coefficient (Wildman–Crippen LogP) is 4.47. The summed E-state index contributed by atoms with van der Waals surface area (Å²) in [6, 6.07) is 8.52. The highest BCUT2D eigenvalue weighted by atomic mass is 31.2. The maximum atomic E-state index is 14.2. The van der Waals surface area contributed by atoms with Crippen molar-refractivity contribution in [1.82, 2.24) is 0 Å². The number of Topliss-reactive ketones (excluding diaryl/α,β-unsaturated/α-hetero) is 1. The summed E-state index contributed by atoms with van der Waals surface area (Å²) in [6.07, 6.45) is 10.9. The first-order chi connectivity index (χ1) is 22.1.